The number of carbonyl (C=O) groups is 2. The number of nitrogens with one attached hydrogen (secondary N) is 1. The normalized spacial score (nSPS) is 24.1. The summed E-state index contributed by atoms with van der Waals surface area (Å²) in [4.78, 5) is 32.1. The minimum atomic E-state index is -0.716. The van der Waals surface area contributed by atoms with Gasteiger partial charge in [-0.1, -0.05) is 36.4 Å². The van der Waals surface area contributed by atoms with Gasteiger partial charge >= 0.3 is 0 Å². The van der Waals surface area contributed by atoms with Gasteiger partial charge in [0.1, 0.15) is 6.10 Å². The van der Waals surface area contributed by atoms with Crippen LogP contribution in [0.4, 0.5) is 0 Å². The Labute approximate surface area is 188 Å². The van der Waals surface area contributed by atoms with Crippen LogP contribution in [0.15, 0.2) is 54.7 Å². The third kappa shape index (κ3) is 5.08. The molecule has 2 saturated heterocycles. The van der Waals surface area contributed by atoms with Crippen LogP contribution in [0.25, 0.3) is 0 Å². The van der Waals surface area contributed by atoms with Crippen molar-refractivity contribution >= 4 is 11.8 Å². The lowest BCUT2D eigenvalue weighted by atomic mass is 9.85. The van der Waals surface area contributed by atoms with Gasteiger partial charge in [-0.25, -0.2) is 10.0 Å². The summed E-state index contributed by atoms with van der Waals surface area (Å²) in [5.74, 6) is -0.392. The Bertz CT molecular complexity index is 901. The molecule has 2 aliphatic rings. The Balaban J connectivity index is 1.41. The zero-order valence-electron chi connectivity index (χ0n) is 18.3. The molecule has 3 heterocycles. The van der Waals surface area contributed by atoms with Crippen molar-refractivity contribution in [2.45, 2.75) is 37.3 Å². The molecule has 2 fully saturated rings. The molecule has 0 bridgehead atoms. The van der Waals surface area contributed by atoms with Gasteiger partial charge in [0.15, 0.2) is 0 Å². The molecule has 2 aromatic rings. The first kappa shape index (κ1) is 22.2. The summed E-state index contributed by atoms with van der Waals surface area (Å²) in [5, 5.41) is 13.6. The highest BCUT2D eigenvalue weighted by Crippen LogP contribution is 2.30. The quantitative estimate of drug-likeness (QED) is 0.548. The van der Waals surface area contributed by atoms with Crippen LogP contribution < -0.4 is 10.1 Å². The second kappa shape index (κ2) is 10.1. The first-order valence-electron chi connectivity index (χ1n) is 11.1. The molecule has 4 rings (SSSR count). The topological polar surface area (TPSA) is 95.0 Å². The van der Waals surface area contributed by atoms with Crippen molar-refractivity contribution in [2.24, 2.45) is 5.92 Å². The van der Waals surface area contributed by atoms with Crippen molar-refractivity contribution < 1.29 is 19.5 Å². The predicted molar refractivity (Wildman–Crippen MR) is 118 cm³/mol. The third-order valence-corrected chi connectivity index (χ3v) is 6.39. The number of hydrogen-bond acceptors (Lipinski definition) is 6. The van der Waals surface area contributed by atoms with Gasteiger partial charge in [-0.3, -0.25) is 14.8 Å². The Morgan fingerprint density at radius 3 is 2.50 bits per heavy atom. The van der Waals surface area contributed by atoms with Crippen LogP contribution in [0, 0.1) is 5.92 Å². The molecular weight excluding hydrogens is 408 g/mol. The van der Waals surface area contributed by atoms with Crippen LogP contribution in [-0.4, -0.2) is 70.8 Å². The molecular formula is C24H30N4O4. The second-order valence-corrected chi connectivity index (χ2v) is 8.51. The van der Waals surface area contributed by atoms with Crippen molar-refractivity contribution in [1.29, 1.82) is 0 Å². The smallest absolute Gasteiger partial charge is 0.251 e. The number of nitrogens with zero attached hydrogens (tertiary/aromatic N) is 3. The number of piperidine rings is 2. The van der Waals surface area contributed by atoms with Crippen LogP contribution in [0.2, 0.25) is 0 Å². The van der Waals surface area contributed by atoms with Gasteiger partial charge in [0.05, 0.1) is 12.0 Å². The zero-order valence-corrected chi connectivity index (χ0v) is 18.3. The Morgan fingerprint density at radius 1 is 1.12 bits per heavy atom. The van der Waals surface area contributed by atoms with Crippen molar-refractivity contribution in [3.05, 3.63) is 60.3 Å². The number of aromatic nitrogens is 1. The van der Waals surface area contributed by atoms with E-state index < -0.39 is 17.9 Å². The number of hydroxylamine groups is 2. The van der Waals surface area contributed by atoms with Gasteiger partial charge in [-0.2, -0.15) is 0 Å². The summed E-state index contributed by atoms with van der Waals surface area (Å²) < 4.78 is 5.90. The molecule has 1 aromatic heterocycles. The molecule has 3 atom stereocenters. The SMILES string of the molecule is CN(O)C(=O)[C@H]1C[C@H](Oc2ccccn2)CN[C@@H]1C(=O)N1CCC(c2ccccc2)CC1. The maximum absolute atomic E-state index is 13.4. The first-order chi connectivity index (χ1) is 15.5. The van der Waals surface area contributed by atoms with E-state index >= 15 is 0 Å². The lowest BCUT2D eigenvalue weighted by molar-refractivity contribution is -0.169. The number of benzene rings is 1. The largest absolute Gasteiger partial charge is 0.473 e. The summed E-state index contributed by atoms with van der Waals surface area (Å²) in [6, 6.07) is 15.1. The first-order valence-corrected chi connectivity index (χ1v) is 11.1. The van der Waals surface area contributed by atoms with Crippen molar-refractivity contribution in [1.82, 2.24) is 20.3 Å². The minimum absolute atomic E-state index is 0.0898. The van der Waals surface area contributed by atoms with E-state index in [0.717, 1.165) is 12.8 Å². The van der Waals surface area contributed by atoms with Gasteiger partial charge in [-0.15, -0.1) is 0 Å². The fraction of sp³-hybridized carbons (Fsp3) is 0.458. The van der Waals surface area contributed by atoms with E-state index in [2.05, 4.69) is 22.4 Å². The zero-order chi connectivity index (χ0) is 22.5. The average Bonchev–Trinajstić information content (AvgIpc) is 2.84. The lowest BCUT2D eigenvalue weighted by Crippen LogP contribution is -2.60. The number of pyridine rings is 1. The summed E-state index contributed by atoms with van der Waals surface area (Å²) in [7, 11) is 1.29. The fourth-order valence-electron chi connectivity index (χ4n) is 4.68. The van der Waals surface area contributed by atoms with Crippen LogP contribution >= 0.6 is 0 Å². The summed E-state index contributed by atoms with van der Waals surface area (Å²) in [5.41, 5.74) is 1.31. The van der Waals surface area contributed by atoms with Gasteiger partial charge < -0.3 is 15.0 Å². The summed E-state index contributed by atoms with van der Waals surface area (Å²) >= 11 is 0. The Morgan fingerprint density at radius 2 is 1.84 bits per heavy atom. The number of rotatable bonds is 5. The van der Waals surface area contributed by atoms with Crippen LogP contribution in [0.1, 0.15) is 30.7 Å². The molecule has 0 unspecified atom stereocenters. The van der Waals surface area contributed by atoms with Crippen LogP contribution in [0.5, 0.6) is 5.88 Å². The highest BCUT2D eigenvalue weighted by atomic mass is 16.5. The Hall–Kier alpha value is -2.97. The van der Waals surface area contributed by atoms with Gasteiger partial charge in [-0.05, 0) is 36.8 Å². The highest BCUT2D eigenvalue weighted by molar-refractivity contribution is 5.90. The number of likely N-dealkylation sites (tertiary alicyclic amines) is 1. The maximum Gasteiger partial charge on any atom is 0.251 e. The van der Waals surface area contributed by atoms with E-state index in [9.17, 15) is 14.8 Å². The van der Waals surface area contributed by atoms with Gasteiger partial charge in [0, 0.05) is 38.9 Å². The second-order valence-electron chi connectivity index (χ2n) is 8.51. The minimum Gasteiger partial charge on any atom is -0.473 e. The average molecular weight is 439 g/mol. The van der Waals surface area contributed by atoms with E-state index in [0.29, 0.717) is 42.9 Å². The number of carbonyl (C=O) groups excluding carboxylic acids is 2. The number of amides is 2. The molecule has 2 aliphatic heterocycles. The van der Waals surface area contributed by atoms with Crippen LogP contribution in [-0.2, 0) is 9.59 Å². The molecule has 2 amide bonds. The molecule has 0 radical (unpaired) electrons. The predicted octanol–water partition coefficient (Wildman–Crippen LogP) is 2.06. The maximum atomic E-state index is 13.4. The third-order valence-electron chi connectivity index (χ3n) is 6.39. The standard InChI is InChI=1S/C24H30N4O4/c1-27(31)23(29)20-15-19(32-21-9-5-6-12-25-21)16-26-22(20)24(30)28-13-10-18(11-14-28)17-7-3-2-4-8-17/h2-9,12,18-20,22,26,31H,10-11,13-16H2,1H3/t19-,20-,22-/m0/s1. The molecule has 8 heteroatoms. The molecule has 32 heavy (non-hydrogen) atoms. The summed E-state index contributed by atoms with van der Waals surface area (Å²) in [6.07, 6.45) is 3.43. The molecule has 1 aromatic carbocycles. The fourth-order valence-corrected chi connectivity index (χ4v) is 4.68. The van der Waals surface area contributed by atoms with Gasteiger partial charge in [0.2, 0.25) is 11.8 Å². The highest BCUT2D eigenvalue weighted by Gasteiger charge is 2.43. The van der Waals surface area contributed by atoms with E-state index in [1.165, 1.54) is 12.6 Å². The molecule has 0 saturated carbocycles. The molecule has 8 nitrogen and oxygen atoms in total. The number of ether oxygens (including phenoxy) is 1. The van der Waals surface area contributed by atoms with Crippen LogP contribution in [0.3, 0.4) is 0 Å². The lowest BCUT2D eigenvalue weighted by Gasteiger charge is -2.40. The summed E-state index contributed by atoms with van der Waals surface area (Å²) in [6.45, 7) is 1.73. The molecule has 0 spiro atoms. The number of hydrogen-bond donors (Lipinski definition) is 2. The Kier molecular flexibility index (Phi) is 7.02. The van der Waals surface area contributed by atoms with Crippen molar-refractivity contribution in [3.8, 4) is 5.88 Å². The van der Waals surface area contributed by atoms with Crippen molar-refractivity contribution in [3.63, 3.8) is 0 Å². The van der Waals surface area contributed by atoms with Crippen molar-refractivity contribution in [2.75, 3.05) is 26.7 Å². The van der Waals surface area contributed by atoms with E-state index in [1.807, 2.05) is 29.2 Å². The molecule has 0 aliphatic carbocycles. The molecule has 170 valence electrons. The van der Waals surface area contributed by atoms with Gasteiger partial charge in [0.25, 0.3) is 5.91 Å². The van der Waals surface area contributed by atoms with E-state index in [1.54, 1.807) is 18.3 Å². The van der Waals surface area contributed by atoms with E-state index in [-0.39, 0.29) is 12.0 Å². The van der Waals surface area contributed by atoms with E-state index in [4.69, 9.17) is 4.74 Å². The molecule has 2 N–H and O–H groups in total. The monoisotopic (exact) mass is 438 g/mol.